The van der Waals surface area contributed by atoms with Crippen molar-refractivity contribution in [2.45, 2.75) is 25.8 Å². The van der Waals surface area contributed by atoms with Crippen LogP contribution < -0.4 is 5.32 Å². The van der Waals surface area contributed by atoms with Gasteiger partial charge >= 0.3 is 0 Å². The fourth-order valence-corrected chi connectivity index (χ4v) is 2.56. The van der Waals surface area contributed by atoms with Crippen molar-refractivity contribution in [2.75, 3.05) is 7.05 Å². The van der Waals surface area contributed by atoms with Crippen molar-refractivity contribution in [3.8, 4) is 0 Å². The second-order valence-corrected chi connectivity index (χ2v) is 5.37. The molecule has 0 aliphatic heterocycles. The Hall–Kier alpha value is -1.26. The summed E-state index contributed by atoms with van der Waals surface area (Å²) >= 11 is 1.67. The molecule has 0 amide bonds. The fourth-order valence-electron chi connectivity index (χ4n) is 1.72. The third-order valence-electron chi connectivity index (χ3n) is 2.88. The average Bonchev–Trinajstić information content (AvgIpc) is 2.79. The van der Waals surface area contributed by atoms with Crippen molar-refractivity contribution in [1.29, 1.82) is 0 Å². The lowest BCUT2D eigenvalue weighted by atomic mass is 10.1. The monoisotopic (exact) mass is 264 g/mol. The summed E-state index contributed by atoms with van der Waals surface area (Å²) in [6, 6.07) is 7.05. The first kappa shape index (κ1) is 13.2. The number of hydrogen-bond donors (Lipinski definition) is 1. The van der Waals surface area contributed by atoms with Crippen LogP contribution in [-0.4, -0.2) is 18.1 Å². The first-order valence-electron chi connectivity index (χ1n) is 6.02. The number of benzene rings is 1. The molecule has 1 aromatic carbocycles. The van der Waals surface area contributed by atoms with Crippen LogP contribution in [0, 0.1) is 5.82 Å². The van der Waals surface area contributed by atoms with Gasteiger partial charge in [-0.1, -0.05) is 12.1 Å². The van der Waals surface area contributed by atoms with Crippen molar-refractivity contribution in [3.05, 3.63) is 51.7 Å². The van der Waals surface area contributed by atoms with E-state index in [1.165, 1.54) is 12.1 Å². The zero-order valence-corrected chi connectivity index (χ0v) is 11.4. The van der Waals surface area contributed by atoms with Gasteiger partial charge in [0.25, 0.3) is 0 Å². The Morgan fingerprint density at radius 2 is 2.06 bits per heavy atom. The molecular formula is C14H17FN2S. The second-order valence-electron chi connectivity index (χ2n) is 4.43. The van der Waals surface area contributed by atoms with Gasteiger partial charge in [0.05, 0.1) is 10.7 Å². The largest absolute Gasteiger partial charge is 0.317 e. The van der Waals surface area contributed by atoms with E-state index < -0.39 is 0 Å². The van der Waals surface area contributed by atoms with E-state index >= 15 is 0 Å². The second kappa shape index (κ2) is 6.07. The van der Waals surface area contributed by atoms with Crippen LogP contribution in [0.5, 0.6) is 0 Å². The van der Waals surface area contributed by atoms with E-state index in [0.29, 0.717) is 6.04 Å². The highest BCUT2D eigenvalue weighted by molar-refractivity contribution is 7.09. The molecule has 18 heavy (non-hydrogen) atoms. The minimum Gasteiger partial charge on any atom is -0.317 e. The SMILES string of the molecule is CNC(C)Cc1csc(Cc2ccc(F)cc2)n1. The Morgan fingerprint density at radius 3 is 2.72 bits per heavy atom. The summed E-state index contributed by atoms with van der Waals surface area (Å²) in [6.07, 6.45) is 1.72. The lowest BCUT2D eigenvalue weighted by Gasteiger charge is -2.06. The van der Waals surface area contributed by atoms with Gasteiger partial charge < -0.3 is 5.32 Å². The van der Waals surface area contributed by atoms with Crippen LogP contribution >= 0.6 is 11.3 Å². The number of nitrogens with zero attached hydrogens (tertiary/aromatic N) is 1. The molecule has 0 spiro atoms. The first-order valence-corrected chi connectivity index (χ1v) is 6.90. The molecule has 2 rings (SSSR count). The predicted molar refractivity (Wildman–Crippen MR) is 73.5 cm³/mol. The molecule has 1 aromatic heterocycles. The highest BCUT2D eigenvalue weighted by Crippen LogP contribution is 2.16. The van der Waals surface area contributed by atoms with Gasteiger partial charge in [0.2, 0.25) is 0 Å². The van der Waals surface area contributed by atoms with Crippen molar-refractivity contribution in [3.63, 3.8) is 0 Å². The highest BCUT2D eigenvalue weighted by atomic mass is 32.1. The van der Waals surface area contributed by atoms with Gasteiger partial charge in [-0.25, -0.2) is 9.37 Å². The normalized spacial score (nSPS) is 12.6. The number of rotatable bonds is 5. The molecule has 0 saturated heterocycles. The molecule has 0 aliphatic rings. The molecule has 1 heterocycles. The maximum absolute atomic E-state index is 12.8. The van der Waals surface area contributed by atoms with Gasteiger partial charge in [-0.15, -0.1) is 11.3 Å². The topological polar surface area (TPSA) is 24.9 Å². The van der Waals surface area contributed by atoms with Gasteiger partial charge in [0, 0.05) is 24.3 Å². The lowest BCUT2D eigenvalue weighted by molar-refractivity contribution is 0.601. The van der Waals surface area contributed by atoms with E-state index in [-0.39, 0.29) is 5.82 Å². The fraction of sp³-hybridized carbons (Fsp3) is 0.357. The summed E-state index contributed by atoms with van der Waals surface area (Å²) in [5, 5.41) is 6.39. The molecule has 0 aliphatic carbocycles. The minimum atomic E-state index is -0.193. The van der Waals surface area contributed by atoms with Gasteiger partial charge in [-0.05, 0) is 31.7 Å². The number of hydrogen-bond acceptors (Lipinski definition) is 3. The number of nitrogens with one attached hydrogen (secondary N) is 1. The van der Waals surface area contributed by atoms with Crippen LogP contribution in [0.2, 0.25) is 0 Å². The summed E-state index contributed by atoms with van der Waals surface area (Å²) in [6.45, 7) is 2.14. The molecule has 1 unspecified atom stereocenters. The molecule has 0 radical (unpaired) electrons. The third-order valence-corrected chi connectivity index (χ3v) is 3.77. The van der Waals surface area contributed by atoms with E-state index in [1.807, 2.05) is 19.2 Å². The Balaban J connectivity index is 2.00. The van der Waals surface area contributed by atoms with Crippen LogP contribution in [0.15, 0.2) is 29.6 Å². The summed E-state index contributed by atoms with van der Waals surface area (Å²) in [5.74, 6) is -0.193. The lowest BCUT2D eigenvalue weighted by Crippen LogP contribution is -2.23. The molecular weight excluding hydrogens is 247 g/mol. The van der Waals surface area contributed by atoms with Crippen molar-refractivity contribution in [1.82, 2.24) is 10.3 Å². The Bertz CT molecular complexity index is 493. The molecule has 0 bridgehead atoms. The maximum atomic E-state index is 12.8. The van der Waals surface area contributed by atoms with Gasteiger partial charge in [0.1, 0.15) is 5.82 Å². The summed E-state index contributed by atoms with van der Waals surface area (Å²) in [4.78, 5) is 4.60. The van der Waals surface area contributed by atoms with Gasteiger partial charge in [0.15, 0.2) is 0 Å². The Labute approximate surface area is 111 Å². The van der Waals surface area contributed by atoms with Crippen molar-refractivity contribution < 1.29 is 4.39 Å². The molecule has 0 fully saturated rings. The van der Waals surface area contributed by atoms with Crippen molar-refractivity contribution >= 4 is 11.3 Å². The molecule has 0 saturated carbocycles. The minimum absolute atomic E-state index is 0.193. The van der Waals surface area contributed by atoms with Gasteiger partial charge in [-0.2, -0.15) is 0 Å². The molecule has 1 N–H and O–H groups in total. The number of thiazole rings is 1. The van der Waals surface area contributed by atoms with E-state index in [4.69, 9.17) is 0 Å². The van der Waals surface area contributed by atoms with Crippen molar-refractivity contribution in [2.24, 2.45) is 0 Å². The number of halogens is 1. The first-order chi connectivity index (χ1) is 8.67. The van der Waals surface area contributed by atoms with Crippen LogP contribution in [-0.2, 0) is 12.8 Å². The van der Waals surface area contributed by atoms with Crippen LogP contribution in [0.1, 0.15) is 23.2 Å². The highest BCUT2D eigenvalue weighted by Gasteiger charge is 2.06. The Kier molecular flexibility index (Phi) is 4.44. The smallest absolute Gasteiger partial charge is 0.123 e. The van der Waals surface area contributed by atoms with E-state index in [9.17, 15) is 4.39 Å². The van der Waals surface area contributed by atoms with Crippen LogP contribution in [0.3, 0.4) is 0 Å². The van der Waals surface area contributed by atoms with Crippen LogP contribution in [0.25, 0.3) is 0 Å². The van der Waals surface area contributed by atoms with E-state index in [1.54, 1.807) is 11.3 Å². The quantitative estimate of drug-likeness (QED) is 0.898. The van der Waals surface area contributed by atoms with Crippen LogP contribution in [0.4, 0.5) is 4.39 Å². The number of aromatic nitrogens is 1. The van der Waals surface area contributed by atoms with E-state index in [2.05, 4.69) is 22.6 Å². The Morgan fingerprint density at radius 1 is 1.33 bits per heavy atom. The summed E-state index contributed by atoms with van der Waals surface area (Å²) in [7, 11) is 1.95. The molecule has 2 nitrogen and oxygen atoms in total. The molecule has 4 heteroatoms. The summed E-state index contributed by atoms with van der Waals surface area (Å²) < 4.78 is 12.8. The van der Waals surface area contributed by atoms with Gasteiger partial charge in [-0.3, -0.25) is 0 Å². The molecule has 2 aromatic rings. The maximum Gasteiger partial charge on any atom is 0.123 e. The van der Waals surface area contributed by atoms with E-state index in [0.717, 1.165) is 29.1 Å². The molecule has 1 atom stereocenters. The molecule has 96 valence electrons. The predicted octanol–water partition coefficient (Wildman–Crippen LogP) is 3.02. The zero-order chi connectivity index (χ0) is 13.0. The average molecular weight is 264 g/mol. The standard InChI is InChI=1S/C14H17FN2S/c1-10(16-2)7-13-9-18-14(17-13)8-11-3-5-12(15)6-4-11/h3-6,9-10,16H,7-8H2,1-2H3. The summed E-state index contributed by atoms with van der Waals surface area (Å²) in [5.41, 5.74) is 2.22. The third kappa shape index (κ3) is 3.62. The number of likely N-dealkylation sites (N-methyl/N-ethyl adjacent to an activating group) is 1. The zero-order valence-electron chi connectivity index (χ0n) is 10.6.